The van der Waals surface area contributed by atoms with Gasteiger partial charge in [0.2, 0.25) is 0 Å². The van der Waals surface area contributed by atoms with E-state index in [1.54, 1.807) is 6.20 Å². The second-order valence-corrected chi connectivity index (χ2v) is 5.83. The van der Waals surface area contributed by atoms with Gasteiger partial charge in [0.05, 0.1) is 4.88 Å². The number of aromatic nitrogens is 1. The van der Waals surface area contributed by atoms with Crippen LogP contribution in [-0.2, 0) is 6.61 Å². The summed E-state index contributed by atoms with van der Waals surface area (Å²) in [4.78, 5) is 4.98. The summed E-state index contributed by atoms with van der Waals surface area (Å²) in [5.41, 5.74) is 1.15. The van der Waals surface area contributed by atoms with Crippen LogP contribution in [0.15, 0.2) is 28.9 Å². The van der Waals surface area contributed by atoms with Gasteiger partial charge in [-0.3, -0.25) is 0 Å². The molecule has 16 heavy (non-hydrogen) atoms. The van der Waals surface area contributed by atoms with E-state index >= 15 is 0 Å². The highest BCUT2D eigenvalue weighted by Crippen LogP contribution is 2.24. The SMILES string of the molecule is Cc1cc(OCc2cnc(Cl)s2)ccc1Br. The van der Waals surface area contributed by atoms with Crippen molar-refractivity contribution in [1.29, 1.82) is 0 Å². The Bertz CT molecular complexity index is 500. The second-order valence-electron chi connectivity index (χ2n) is 3.28. The molecule has 2 nitrogen and oxygen atoms in total. The third-order valence-corrected chi connectivity index (χ3v) is 4.01. The lowest BCUT2D eigenvalue weighted by atomic mass is 10.2. The number of hydrogen-bond donors (Lipinski definition) is 0. The zero-order chi connectivity index (χ0) is 11.5. The number of halogens is 2. The first-order chi connectivity index (χ1) is 7.65. The molecule has 1 heterocycles. The summed E-state index contributed by atoms with van der Waals surface area (Å²) >= 11 is 10.6. The van der Waals surface area contributed by atoms with Gasteiger partial charge in [-0.15, -0.1) is 11.3 Å². The number of aryl methyl sites for hydroxylation is 1. The van der Waals surface area contributed by atoms with Gasteiger partial charge in [0.25, 0.3) is 0 Å². The van der Waals surface area contributed by atoms with Crippen molar-refractivity contribution in [2.75, 3.05) is 0 Å². The molecule has 0 aliphatic heterocycles. The molecule has 0 saturated carbocycles. The molecule has 0 spiro atoms. The number of rotatable bonds is 3. The van der Waals surface area contributed by atoms with Crippen molar-refractivity contribution in [3.8, 4) is 5.75 Å². The molecule has 2 rings (SSSR count). The number of hydrogen-bond acceptors (Lipinski definition) is 3. The van der Waals surface area contributed by atoms with Crippen molar-refractivity contribution in [1.82, 2.24) is 4.98 Å². The molecule has 0 amide bonds. The average Bonchev–Trinajstić information content (AvgIpc) is 2.66. The summed E-state index contributed by atoms with van der Waals surface area (Å²) in [6, 6.07) is 5.90. The van der Waals surface area contributed by atoms with Gasteiger partial charge in [-0.1, -0.05) is 27.5 Å². The Kier molecular flexibility index (Phi) is 3.84. The molecule has 0 atom stereocenters. The van der Waals surface area contributed by atoms with Crippen LogP contribution >= 0.6 is 38.9 Å². The van der Waals surface area contributed by atoms with Crippen LogP contribution in [0.4, 0.5) is 0 Å². The first kappa shape index (κ1) is 11.9. The van der Waals surface area contributed by atoms with E-state index in [0.29, 0.717) is 11.1 Å². The van der Waals surface area contributed by atoms with Crippen LogP contribution in [0.1, 0.15) is 10.4 Å². The summed E-state index contributed by atoms with van der Waals surface area (Å²) < 4.78 is 7.26. The largest absolute Gasteiger partial charge is 0.488 e. The molecule has 0 N–H and O–H groups in total. The molecule has 0 unspecified atom stereocenters. The maximum atomic E-state index is 5.73. The highest BCUT2D eigenvalue weighted by atomic mass is 79.9. The molecule has 0 aliphatic carbocycles. The fraction of sp³-hybridized carbons (Fsp3) is 0.182. The van der Waals surface area contributed by atoms with Crippen molar-refractivity contribution in [2.45, 2.75) is 13.5 Å². The second kappa shape index (κ2) is 5.17. The molecule has 1 aromatic heterocycles. The van der Waals surface area contributed by atoms with Crippen LogP contribution in [0.25, 0.3) is 0 Å². The van der Waals surface area contributed by atoms with E-state index in [-0.39, 0.29) is 0 Å². The molecular formula is C11H9BrClNOS. The summed E-state index contributed by atoms with van der Waals surface area (Å²) in [6.45, 7) is 2.53. The molecule has 0 bridgehead atoms. The predicted octanol–water partition coefficient (Wildman–Crippen LogP) is 4.45. The molecular weight excluding hydrogens is 310 g/mol. The Morgan fingerprint density at radius 3 is 2.94 bits per heavy atom. The minimum Gasteiger partial charge on any atom is -0.488 e. The molecule has 0 radical (unpaired) electrons. The highest BCUT2D eigenvalue weighted by molar-refractivity contribution is 9.10. The van der Waals surface area contributed by atoms with Crippen LogP contribution in [0.5, 0.6) is 5.75 Å². The highest BCUT2D eigenvalue weighted by Gasteiger charge is 2.02. The van der Waals surface area contributed by atoms with Gasteiger partial charge >= 0.3 is 0 Å². The summed E-state index contributed by atoms with van der Waals surface area (Å²) in [5.74, 6) is 0.852. The maximum absolute atomic E-state index is 5.73. The Morgan fingerprint density at radius 2 is 2.31 bits per heavy atom. The lowest BCUT2D eigenvalue weighted by Crippen LogP contribution is -1.93. The average molecular weight is 319 g/mol. The zero-order valence-electron chi connectivity index (χ0n) is 8.54. The zero-order valence-corrected chi connectivity index (χ0v) is 11.7. The predicted molar refractivity (Wildman–Crippen MR) is 70.3 cm³/mol. The van der Waals surface area contributed by atoms with Gasteiger partial charge in [-0.25, -0.2) is 4.98 Å². The van der Waals surface area contributed by atoms with Crippen LogP contribution in [0.2, 0.25) is 4.47 Å². The Morgan fingerprint density at radius 1 is 1.50 bits per heavy atom. The number of thiazole rings is 1. The van der Waals surface area contributed by atoms with E-state index in [0.717, 1.165) is 20.7 Å². The fourth-order valence-electron chi connectivity index (χ4n) is 1.21. The maximum Gasteiger partial charge on any atom is 0.183 e. The quantitative estimate of drug-likeness (QED) is 0.834. The first-order valence-corrected chi connectivity index (χ1v) is 6.63. The van der Waals surface area contributed by atoms with E-state index in [4.69, 9.17) is 16.3 Å². The van der Waals surface area contributed by atoms with Gasteiger partial charge in [0.1, 0.15) is 12.4 Å². The minimum atomic E-state index is 0.505. The number of nitrogens with zero attached hydrogens (tertiary/aromatic N) is 1. The number of benzene rings is 1. The van der Waals surface area contributed by atoms with Gasteiger partial charge < -0.3 is 4.74 Å². The summed E-state index contributed by atoms with van der Waals surface area (Å²) in [6.07, 6.45) is 1.73. The topological polar surface area (TPSA) is 22.1 Å². The molecule has 0 saturated heterocycles. The third-order valence-electron chi connectivity index (χ3n) is 2.04. The fourth-order valence-corrected chi connectivity index (χ4v) is 2.35. The van der Waals surface area contributed by atoms with Crippen molar-refractivity contribution >= 4 is 38.9 Å². The van der Waals surface area contributed by atoms with Crippen LogP contribution in [-0.4, -0.2) is 4.98 Å². The van der Waals surface area contributed by atoms with E-state index in [2.05, 4.69) is 20.9 Å². The van der Waals surface area contributed by atoms with Gasteiger partial charge in [0, 0.05) is 10.7 Å². The molecule has 5 heteroatoms. The van der Waals surface area contributed by atoms with Crippen LogP contribution < -0.4 is 4.74 Å². The van der Waals surface area contributed by atoms with Crippen molar-refractivity contribution in [3.05, 3.63) is 43.8 Å². The minimum absolute atomic E-state index is 0.505. The smallest absolute Gasteiger partial charge is 0.183 e. The van der Waals surface area contributed by atoms with Crippen molar-refractivity contribution in [3.63, 3.8) is 0 Å². The Balaban J connectivity index is 2.02. The van der Waals surface area contributed by atoms with Gasteiger partial charge in [-0.05, 0) is 30.7 Å². The van der Waals surface area contributed by atoms with E-state index in [9.17, 15) is 0 Å². The molecule has 1 aromatic carbocycles. The third kappa shape index (κ3) is 2.97. The van der Waals surface area contributed by atoms with Gasteiger partial charge in [0.15, 0.2) is 4.47 Å². The Labute approximate surface area is 111 Å². The Hall–Kier alpha value is -0.580. The summed E-state index contributed by atoms with van der Waals surface area (Å²) in [7, 11) is 0. The monoisotopic (exact) mass is 317 g/mol. The normalized spacial score (nSPS) is 10.4. The molecule has 0 aliphatic rings. The van der Waals surface area contributed by atoms with Gasteiger partial charge in [-0.2, -0.15) is 0 Å². The van der Waals surface area contributed by atoms with E-state index in [1.807, 2.05) is 25.1 Å². The van der Waals surface area contributed by atoms with E-state index in [1.165, 1.54) is 11.3 Å². The van der Waals surface area contributed by atoms with Crippen molar-refractivity contribution < 1.29 is 4.74 Å². The van der Waals surface area contributed by atoms with Crippen LogP contribution in [0, 0.1) is 6.92 Å². The molecule has 2 aromatic rings. The first-order valence-electron chi connectivity index (χ1n) is 4.64. The summed E-state index contributed by atoms with van der Waals surface area (Å²) in [5, 5.41) is 0. The van der Waals surface area contributed by atoms with Crippen molar-refractivity contribution in [2.24, 2.45) is 0 Å². The van der Waals surface area contributed by atoms with E-state index < -0.39 is 0 Å². The lowest BCUT2D eigenvalue weighted by Gasteiger charge is -2.06. The molecule has 0 fully saturated rings. The lowest BCUT2D eigenvalue weighted by molar-refractivity contribution is 0.309. The number of ether oxygens (including phenoxy) is 1. The van der Waals surface area contributed by atoms with Crippen LogP contribution in [0.3, 0.4) is 0 Å². The standard InChI is InChI=1S/C11H9BrClNOS/c1-7-4-8(2-3-10(7)12)15-6-9-5-14-11(13)16-9/h2-5H,6H2,1H3. The molecule has 84 valence electrons.